The quantitative estimate of drug-likeness (QED) is 0.866. The fourth-order valence-electron chi connectivity index (χ4n) is 2.66. The number of benzene rings is 1. The van der Waals surface area contributed by atoms with Crippen LogP contribution in [-0.4, -0.2) is 46.9 Å². The zero-order chi connectivity index (χ0) is 16.2. The van der Waals surface area contributed by atoms with Crippen LogP contribution in [0.4, 0.5) is 4.39 Å². The van der Waals surface area contributed by atoms with E-state index < -0.39 is 5.82 Å². The normalized spacial score (nSPS) is 15.7. The fourth-order valence-corrected chi connectivity index (χ4v) is 2.91. The second-order valence-corrected chi connectivity index (χ2v) is 5.92. The Morgan fingerprint density at radius 2 is 1.96 bits per heavy atom. The van der Waals surface area contributed by atoms with E-state index in [-0.39, 0.29) is 10.9 Å². The number of piperazine rings is 1. The highest BCUT2D eigenvalue weighted by Gasteiger charge is 2.23. The van der Waals surface area contributed by atoms with Crippen LogP contribution in [0, 0.1) is 5.82 Å². The molecule has 0 unspecified atom stereocenters. The first kappa shape index (κ1) is 15.9. The lowest BCUT2D eigenvalue weighted by Gasteiger charge is -2.34. The molecule has 1 aliphatic rings. The Balaban J connectivity index is 1.59. The van der Waals surface area contributed by atoms with Crippen molar-refractivity contribution in [1.82, 2.24) is 14.8 Å². The summed E-state index contributed by atoms with van der Waals surface area (Å²) in [5.41, 5.74) is 1.38. The number of nitrogens with zero attached hydrogens (tertiary/aromatic N) is 3. The lowest BCUT2D eigenvalue weighted by atomic mass is 10.1. The average molecular weight is 334 g/mol. The zero-order valence-corrected chi connectivity index (χ0v) is 13.3. The van der Waals surface area contributed by atoms with Crippen molar-refractivity contribution in [3.63, 3.8) is 0 Å². The van der Waals surface area contributed by atoms with Crippen LogP contribution in [0.3, 0.4) is 0 Å². The summed E-state index contributed by atoms with van der Waals surface area (Å²) in [6, 6.07) is 9.74. The highest BCUT2D eigenvalue weighted by Crippen LogP contribution is 2.20. The lowest BCUT2D eigenvalue weighted by molar-refractivity contribution is 0.0627. The summed E-state index contributed by atoms with van der Waals surface area (Å²) in [6.07, 6.45) is 1.78. The minimum Gasteiger partial charge on any atom is -0.336 e. The molecule has 0 aliphatic carbocycles. The standard InChI is InChI=1S/C17H17ClFN3O/c18-16-11-13(19)4-5-15(16)17(23)22-9-7-21(8-10-22)12-14-3-1-2-6-20-14/h1-6,11H,7-10,12H2. The predicted octanol–water partition coefficient (Wildman–Crippen LogP) is 2.83. The molecule has 6 heteroatoms. The molecule has 0 N–H and O–H groups in total. The van der Waals surface area contributed by atoms with E-state index in [2.05, 4.69) is 9.88 Å². The second kappa shape index (κ2) is 7.06. The number of carbonyl (C=O) groups excluding carboxylic acids is 1. The zero-order valence-electron chi connectivity index (χ0n) is 12.6. The van der Waals surface area contributed by atoms with Gasteiger partial charge in [0.25, 0.3) is 5.91 Å². The van der Waals surface area contributed by atoms with Crippen LogP contribution in [0.25, 0.3) is 0 Å². The molecule has 1 fully saturated rings. The Morgan fingerprint density at radius 1 is 1.17 bits per heavy atom. The van der Waals surface area contributed by atoms with Gasteiger partial charge in [0.05, 0.1) is 16.3 Å². The van der Waals surface area contributed by atoms with Gasteiger partial charge in [0.2, 0.25) is 0 Å². The number of amides is 1. The lowest BCUT2D eigenvalue weighted by Crippen LogP contribution is -2.48. The summed E-state index contributed by atoms with van der Waals surface area (Å²) in [7, 11) is 0. The first-order valence-corrected chi connectivity index (χ1v) is 7.88. The number of carbonyl (C=O) groups is 1. The molecular weight excluding hydrogens is 317 g/mol. The van der Waals surface area contributed by atoms with Crippen molar-refractivity contribution in [3.8, 4) is 0 Å². The van der Waals surface area contributed by atoms with Gasteiger partial charge in [-0.05, 0) is 30.3 Å². The van der Waals surface area contributed by atoms with Gasteiger partial charge in [-0.2, -0.15) is 0 Å². The summed E-state index contributed by atoms with van der Waals surface area (Å²) < 4.78 is 13.1. The third-order valence-corrected chi connectivity index (χ3v) is 4.25. The molecule has 1 saturated heterocycles. The van der Waals surface area contributed by atoms with E-state index in [1.165, 1.54) is 18.2 Å². The smallest absolute Gasteiger partial charge is 0.255 e. The molecule has 1 aromatic carbocycles. The largest absolute Gasteiger partial charge is 0.336 e. The molecule has 1 amide bonds. The molecule has 1 aromatic heterocycles. The van der Waals surface area contributed by atoms with Crippen LogP contribution in [0.1, 0.15) is 16.1 Å². The summed E-state index contributed by atoms with van der Waals surface area (Å²) >= 11 is 5.97. The van der Waals surface area contributed by atoms with E-state index in [0.29, 0.717) is 18.7 Å². The Hall–Kier alpha value is -1.98. The van der Waals surface area contributed by atoms with Crippen molar-refractivity contribution in [2.45, 2.75) is 6.54 Å². The number of pyridine rings is 1. The Labute approximate surface area is 139 Å². The number of hydrogen-bond acceptors (Lipinski definition) is 3. The van der Waals surface area contributed by atoms with Crippen molar-refractivity contribution >= 4 is 17.5 Å². The molecule has 2 heterocycles. The van der Waals surface area contributed by atoms with Crippen molar-refractivity contribution in [2.24, 2.45) is 0 Å². The van der Waals surface area contributed by atoms with Crippen molar-refractivity contribution in [1.29, 1.82) is 0 Å². The molecule has 4 nitrogen and oxygen atoms in total. The van der Waals surface area contributed by atoms with Gasteiger partial charge in [0.1, 0.15) is 5.82 Å². The maximum absolute atomic E-state index is 13.1. The number of aromatic nitrogens is 1. The molecule has 0 radical (unpaired) electrons. The first-order chi connectivity index (χ1) is 11.1. The van der Waals surface area contributed by atoms with E-state index in [0.717, 1.165) is 25.3 Å². The topological polar surface area (TPSA) is 36.4 Å². The predicted molar refractivity (Wildman–Crippen MR) is 86.8 cm³/mol. The van der Waals surface area contributed by atoms with Gasteiger partial charge < -0.3 is 4.90 Å². The second-order valence-electron chi connectivity index (χ2n) is 5.51. The number of halogens is 2. The molecule has 2 aromatic rings. The number of hydrogen-bond donors (Lipinski definition) is 0. The molecule has 23 heavy (non-hydrogen) atoms. The maximum atomic E-state index is 13.1. The van der Waals surface area contributed by atoms with Crippen LogP contribution in [0.15, 0.2) is 42.6 Å². The van der Waals surface area contributed by atoms with E-state index >= 15 is 0 Å². The minimum absolute atomic E-state index is 0.146. The molecule has 3 rings (SSSR count). The molecule has 0 spiro atoms. The summed E-state index contributed by atoms with van der Waals surface area (Å²) in [5.74, 6) is -0.584. The van der Waals surface area contributed by atoms with Crippen molar-refractivity contribution < 1.29 is 9.18 Å². The molecule has 1 aliphatic heterocycles. The molecule has 0 saturated carbocycles. The van der Waals surface area contributed by atoms with Crippen LogP contribution >= 0.6 is 11.6 Å². The van der Waals surface area contributed by atoms with Gasteiger partial charge in [0.15, 0.2) is 0 Å². The SMILES string of the molecule is O=C(c1ccc(F)cc1Cl)N1CCN(Cc2ccccn2)CC1. The molecule has 0 atom stereocenters. The third-order valence-electron chi connectivity index (χ3n) is 3.93. The van der Waals surface area contributed by atoms with Crippen LogP contribution in [-0.2, 0) is 6.54 Å². The van der Waals surface area contributed by atoms with Crippen LogP contribution in [0.2, 0.25) is 5.02 Å². The molecular formula is C17H17ClFN3O. The van der Waals surface area contributed by atoms with Crippen LogP contribution in [0.5, 0.6) is 0 Å². The van der Waals surface area contributed by atoms with Gasteiger partial charge in [-0.1, -0.05) is 17.7 Å². The fraction of sp³-hybridized carbons (Fsp3) is 0.294. The monoisotopic (exact) mass is 333 g/mol. The Morgan fingerprint density at radius 3 is 2.61 bits per heavy atom. The Kier molecular flexibility index (Phi) is 4.88. The summed E-state index contributed by atoms with van der Waals surface area (Å²) in [4.78, 5) is 20.8. The molecule has 120 valence electrons. The summed E-state index contributed by atoms with van der Waals surface area (Å²) in [5, 5.41) is 0.158. The average Bonchev–Trinajstić information content (AvgIpc) is 2.56. The van der Waals surface area contributed by atoms with Gasteiger partial charge in [0, 0.05) is 38.9 Å². The van der Waals surface area contributed by atoms with Gasteiger partial charge >= 0.3 is 0 Å². The van der Waals surface area contributed by atoms with E-state index in [1.54, 1.807) is 11.1 Å². The van der Waals surface area contributed by atoms with E-state index in [9.17, 15) is 9.18 Å². The first-order valence-electron chi connectivity index (χ1n) is 7.50. The minimum atomic E-state index is -0.438. The highest BCUT2D eigenvalue weighted by atomic mass is 35.5. The van der Waals surface area contributed by atoms with Crippen LogP contribution < -0.4 is 0 Å². The van der Waals surface area contributed by atoms with E-state index in [1.807, 2.05) is 18.2 Å². The van der Waals surface area contributed by atoms with Gasteiger partial charge in [-0.25, -0.2) is 4.39 Å². The number of rotatable bonds is 3. The Bertz CT molecular complexity index is 687. The van der Waals surface area contributed by atoms with Gasteiger partial charge in [-0.15, -0.1) is 0 Å². The summed E-state index contributed by atoms with van der Waals surface area (Å²) in [6.45, 7) is 3.58. The van der Waals surface area contributed by atoms with Crippen molar-refractivity contribution in [2.75, 3.05) is 26.2 Å². The third kappa shape index (κ3) is 3.86. The highest BCUT2D eigenvalue weighted by molar-refractivity contribution is 6.33. The maximum Gasteiger partial charge on any atom is 0.255 e. The van der Waals surface area contributed by atoms with Gasteiger partial charge in [-0.3, -0.25) is 14.7 Å². The van der Waals surface area contributed by atoms with Crippen molar-refractivity contribution in [3.05, 3.63) is 64.7 Å². The molecule has 0 bridgehead atoms. The van der Waals surface area contributed by atoms with E-state index in [4.69, 9.17) is 11.6 Å².